The summed E-state index contributed by atoms with van der Waals surface area (Å²) in [6.45, 7) is -0.938. The van der Waals surface area contributed by atoms with Crippen molar-refractivity contribution in [2.75, 3.05) is 13.2 Å². The van der Waals surface area contributed by atoms with Crippen LogP contribution in [0.15, 0.2) is 12.1 Å². The number of rotatable bonds is 4. The van der Waals surface area contributed by atoms with Gasteiger partial charge >= 0.3 is 12.3 Å². The number of carbonyl (C=O) groups excluding carboxylic acids is 2. The van der Waals surface area contributed by atoms with E-state index in [0.717, 1.165) is 12.1 Å². The van der Waals surface area contributed by atoms with Gasteiger partial charge in [0.2, 0.25) is 5.91 Å². The Balaban J connectivity index is 1.83. The van der Waals surface area contributed by atoms with Gasteiger partial charge in [-0.3, -0.25) is 4.79 Å². The van der Waals surface area contributed by atoms with Crippen LogP contribution in [0.4, 0.5) is 26.7 Å². The van der Waals surface area contributed by atoms with Crippen molar-refractivity contribution in [2.45, 2.75) is 37.2 Å². The Morgan fingerprint density at radius 1 is 1.24 bits per heavy atom. The molecule has 1 aromatic carbocycles. The summed E-state index contributed by atoms with van der Waals surface area (Å²) in [5, 5.41) is 3.86. The maximum atomic E-state index is 14.6. The molecule has 2 N–H and O–H groups in total. The van der Waals surface area contributed by atoms with Crippen molar-refractivity contribution in [1.29, 1.82) is 0 Å². The summed E-state index contributed by atoms with van der Waals surface area (Å²) in [7, 11) is 0. The van der Waals surface area contributed by atoms with E-state index >= 15 is 0 Å². The second kappa shape index (κ2) is 8.31. The first kappa shape index (κ1) is 21.6. The Bertz CT molecular complexity index is 799. The molecule has 2 heterocycles. The van der Waals surface area contributed by atoms with Crippen LogP contribution >= 0.6 is 11.6 Å². The summed E-state index contributed by atoms with van der Waals surface area (Å²) in [6.07, 6.45) is -6.72. The minimum absolute atomic E-state index is 0.142. The number of alkyl carbamates (subject to hydrolysis) is 1. The summed E-state index contributed by atoms with van der Waals surface area (Å²) in [6, 6.07) is -0.422. The van der Waals surface area contributed by atoms with Crippen LogP contribution in [0.25, 0.3) is 0 Å². The number of hydrogen-bond acceptors (Lipinski definition) is 4. The summed E-state index contributed by atoms with van der Waals surface area (Å²) < 4.78 is 76.6. The molecule has 2 fully saturated rings. The Labute approximate surface area is 166 Å². The van der Waals surface area contributed by atoms with Gasteiger partial charge in [-0.1, -0.05) is 17.7 Å². The highest BCUT2D eigenvalue weighted by atomic mass is 35.5. The molecule has 0 radical (unpaired) electrons. The zero-order valence-corrected chi connectivity index (χ0v) is 15.4. The smallest absolute Gasteiger partial charge is 0.407 e. The van der Waals surface area contributed by atoms with Crippen LogP contribution in [0, 0.1) is 17.6 Å². The number of hydrogen-bond donors (Lipinski definition) is 2. The number of halogens is 6. The molecule has 1 aromatic rings. The van der Waals surface area contributed by atoms with Gasteiger partial charge in [0, 0.05) is 5.56 Å². The van der Waals surface area contributed by atoms with E-state index in [1.54, 1.807) is 0 Å². The first-order valence-corrected chi connectivity index (χ1v) is 9.01. The molecule has 0 aromatic heterocycles. The van der Waals surface area contributed by atoms with Gasteiger partial charge < -0.3 is 20.1 Å². The van der Waals surface area contributed by atoms with Crippen LogP contribution in [0.1, 0.15) is 24.4 Å². The summed E-state index contributed by atoms with van der Waals surface area (Å²) in [5.74, 6) is -4.64. The molecule has 2 aliphatic heterocycles. The van der Waals surface area contributed by atoms with Crippen LogP contribution in [0.5, 0.6) is 0 Å². The quantitative estimate of drug-likeness (QED) is 0.554. The standard InChI is InChI=1S/C17H16ClF5N2O4/c18-12-9(19)3-2-8(13(12)20)14(25-15(26)10-6-29-16(27)24-10)11-4-1-7(5-28-11)17(21,22)23/h2-3,7,10-11,14H,1,4-6H2,(H,24,27)(H,25,26)/t7-,10+,11+,14+/m1/s1. The summed E-state index contributed by atoms with van der Waals surface area (Å²) in [5.41, 5.74) is -0.245. The van der Waals surface area contributed by atoms with E-state index in [4.69, 9.17) is 16.3 Å². The van der Waals surface area contributed by atoms with Crippen molar-refractivity contribution < 1.29 is 41.0 Å². The predicted molar refractivity (Wildman–Crippen MR) is 89.0 cm³/mol. The van der Waals surface area contributed by atoms with Crippen molar-refractivity contribution in [3.8, 4) is 0 Å². The molecule has 3 rings (SSSR count). The first-order chi connectivity index (χ1) is 13.6. The van der Waals surface area contributed by atoms with E-state index in [2.05, 4.69) is 15.4 Å². The second-order valence-electron chi connectivity index (χ2n) is 6.73. The van der Waals surface area contributed by atoms with Crippen LogP contribution in [0.3, 0.4) is 0 Å². The molecule has 0 spiro atoms. The maximum Gasteiger partial charge on any atom is 0.407 e. The minimum atomic E-state index is -4.44. The second-order valence-corrected chi connectivity index (χ2v) is 7.11. The normalized spacial score (nSPS) is 25.9. The van der Waals surface area contributed by atoms with E-state index in [0.29, 0.717) is 0 Å². The monoisotopic (exact) mass is 442 g/mol. The zero-order chi connectivity index (χ0) is 21.3. The lowest BCUT2D eigenvalue weighted by molar-refractivity contribution is -0.210. The van der Waals surface area contributed by atoms with Crippen molar-refractivity contribution in [1.82, 2.24) is 10.6 Å². The van der Waals surface area contributed by atoms with Gasteiger partial charge in [0.25, 0.3) is 0 Å². The Morgan fingerprint density at radius 2 is 1.97 bits per heavy atom. The summed E-state index contributed by atoms with van der Waals surface area (Å²) in [4.78, 5) is 23.6. The lowest BCUT2D eigenvalue weighted by Crippen LogP contribution is -2.49. The Hall–Kier alpha value is -2.14. The van der Waals surface area contributed by atoms with E-state index in [-0.39, 0.29) is 25.0 Å². The SMILES string of the molecule is O=C1N[C@H](C(=O)N[C@@H](c2ccc(F)c(Cl)c2F)[C@@H]2CC[C@@H](C(F)(F)F)CO2)CO1. The molecule has 6 nitrogen and oxygen atoms in total. The number of nitrogens with one attached hydrogen (secondary N) is 2. The van der Waals surface area contributed by atoms with Gasteiger partial charge in [-0.15, -0.1) is 0 Å². The number of carbonyl (C=O) groups is 2. The van der Waals surface area contributed by atoms with Crippen LogP contribution in [-0.2, 0) is 14.3 Å². The van der Waals surface area contributed by atoms with E-state index in [1.807, 2.05) is 0 Å². The van der Waals surface area contributed by atoms with E-state index < -0.39 is 65.5 Å². The first-order valence-electron chi connectivity index (χ1n) is 8.63. The molecule has 2 amide bonds. The van der Waals surface area contributed by atoms with E-state index in [1.165, 1.54) is 0 Å². The Kier molecular flexibility index (Phi) is 6.18. The fourth-order valence-corrected chi connectivity index (χ4v) is 3.40. The lowest BCUT2D eigenvalue weighted by Gasteiger charge is -2.35. The Morgan fingerprint density at radius 3 is 2.52 bits per heavy atom. The van der Waals surface area contributed by atoms with Crippen LogP contribution in [-0.4, -0.2) is 43.5 Å². The molecule has 0 bridgehead atoms. The fraction of sp³-hybridized carbons (Fsp3) is 0.529. The zero-order valence-electron chi connectivity index (χ0n) is 14.7. The number of amides is 2. The molecular weight excluding hydrogens is 427 g/mol. The van der Waals surface area contributed by atoms with Gasteiger partial charge in [0.1, 0.15) is 29.3 Å². The minimum Gasteiger partial charge on any atom is -0.447 e. The lowest BCUT2D eigenvalue weighted by atomic mass is 9.90. The van der Waals surface area contributed by atoms with Crippen molar-refractivity contribution in [2.24, 2.45) is 5.92 Å². The fourth-order valence-electron chi connectivity index (χ4n) is 3.22. The van der Waals surface area contributed by atoms with Gasteiger partial charge in [-0.05, 0) is 18.9 Å². The van der Waals surface area contributed by atoms with E-state index in [9.17, 15) is 31.5 Å². The molecule has 2 saturated heterocycles. The highest BCUT2D eigenvalue weighted by Crippen LogP contribution is 2.38. The number of alkyl halides is 3. The third-order valence-corrected chi connectivity index (χ3v) is 5.18. The van der Waals surface area contributed by atoms with Crippen molar-refractivity contribution in [3.63, 3.8) is 0 Å². The average molecular weight is 443 g/mol. The molecule has 12 heteroatoms. The third-order valence-electron chi connectivity index (χ3n) is 4.83. The number of ether oxygens (including phenoxy) is 2. The van der Waals surface area contributed by atoms with Gasteiger partial charge in [-0.25, -0.2) is 13.6 Å². The number of cyclic esters (lactones) is 1. The highest BCUT2D eigenvalue weighted by Gasteiger charge is 2.44. The third kappa shape index (κ3) is 4.72. The average Bonchev–Trinajstić information content (AvgIpc) is 3.11. The molecule has 0 saturated carbocycles. The maximum absolute atomic E-state index is 14.6. The molecule has 160 valence electrons. The van der Waals surface area contributed by atoms with Crippen LogP contribution in [0.2, 0.25) is 5.02 Å². The molecule has 4 atom stereocenters. The van der Waals surface area contributed by atoms with Crippen molar-refractivity contribution in [3.05, 3.63) is 34.4 Å². The summed E-state index contributed by atoms with van der Waals surface area (Å²) >= 11 is 5.60. The largest absolute Gasteiger partial charge is 0.447 e. The van der Waals surface area contributed by atoms with Crippen molar-refractivity contribution >= 4 is 23.6 Å². The molecule has 2 aliphatic rings. The van der Waals surface area contributed by atoms with Gasteiger partial charge in [0.05, 0.1) is 24.7 Å². The van der Waals surface area contributed by atoms with Crippen LogP contribution < -0.4 is 10.6 Å². The molecule has 0 aliphatic carbocycles. The van der Waals surface area contributed by atoms with Gasteiger partial charge in [0.15, 0.2) is 0 Å². The topological polar surface area (TPSA) is 76.7 Å². The number of benzene rings is 1. The predicted octanol–water partition coefficient (Wildman–Crippen LogP) is 3.24. The molecular formula is C17H16ClF5N2O4. The molecule has 29 heavy (non-hydrogen) atoms. The highest BCUT2D eigenvalue weighted by molar-refractivity contribution is 6.31. The van der Waals surface area contributed by atoms with Gasteiger partial charge in [-0.2, -0.15) is 13.2 Å². The molecule has 0 unspecified atom stereocenters.